The van der Waals surface area contributed by atoms with E-state index in [9.17, 15) is 4.79 Å². The second-order valence-electron chi connectivity index (χ2n) is 6.44. The van der Waals surface area contributed by atoms with E-state index >= 15 is 0 Å². The van der Waals surface area contributed by atoms with Crippen LogP contribution in [0.5, 0.6) is 0 Å². The maximum absolute atomic E-state index is 10.4. The minimum atomic E-state index is -0.669. The zero-order valence-electron chi connectivity index (χ0n) is 15.7. The van der Waals surface area contributed by atoms with E-state index in [1.165, 1.54) is 57.8 Å². The molecule has 0 unspecified atom stereocenters. The molecule has 0 rings (SSSR count). The zero-order valence-corrected chi connectivity index (χ0v) is 15.7. The maximum atomic E-state index is 10.4. The van der Waals surface area contributed by atoms with Gasteiger partial charge in [0.15, 0.2) is 0 Å². The number of carbonyl (C=O) groups is 1. The number of rotatable bonds is 17. The molecule has 0 aliphatic heterocycles. The Bertz CT molecular complexity index is 353. The van der Waals surface area contributed by atoms with Gasteiger partial charge in [-0.1, -0.05) is 81.9 Å². The van der Waals surface area contributed by atoms with Gasteiger partial charge in [0.2, 0.25) is 0 Å². The van der Waals surface area contributed by atoms with Crippen LogP contribution in [0.2, 0.25) is 0 Å². The molecule has 2 heteroatoms. The summed E-state index contributed by atoms with van der Waals surface area (Å²) in [6, 6.07) is 0. The normalized spacial score (nSPS) is 12.0. The topological polar surface area (TPSA) is 37.3 Å². The van der Waals surface area contributed by atoms with Crippen LogP contribution in [0.1, 0.15) is 96.8 Å². The molecule has 0 fully saturated rings. The molecule has 138 valence electrons. The fourth-order valence-electron chi connectivity index (χ4n) is 2.54. The number of unbranched alkanes of at least 4 members (excludes halogenated alkanes) is 9. The molecule has 0 heterocycles. The lowest BCUT2D eigenvalue weighted by Gasteiger charge is -1.99. The highest BCUT2D eigenvalue weighted by Crippen LogP contribution is 2.09. The van der Waals surface area contributed by atoms with Gasteiger partial charge < -0.3 is 5.11 Å². The van der Waals surface area contributed by atoms with Gasteiger partial charge in [0.1, 0.15) is 0 Å². The van der Waals surface area contributed by atoms with Gasteiger partial charge in [0.25, 0.3) is 0 Å². The Morgan fingerprint density at radius 1 is 0.667 bits per heavy atom. The average Bonchev–Trinajstić information content (AvgIpc) is 2.56. The van der Waals surface area contributed by atoms with Gasteiger partial charge in [0, 0.05) is 6.42 Å². The lowest BCUT2D eigenvalue weighted by Crippen LogP contribution is -1.93. The number of allylic oxidation sites excluding steroid dienone is 6. The molecule has 0 spiro atoms. The van der Waals surface area contributed by atoms with Crippen LogP contribution in [0.3, 0.4) is 0 Å². The zero-order chi connectivity index (χ0) is 17.7. The van der Waals surface area contributed by atoms with Gasteiger partial charge in [-0.3, -0.25) is 4.79 Å². The molecule has 1 N–H and O–H groups in total. The first-order chi connectivity index (χ1) is 11.8. The molecule has 0 amide bonds. The quantitative estimate of drug-likeness (QED) is 0.225. The Balaban J connectivity index is 3.26. The van der Waals surface area contributed by atoms with E-state index in [4.69, 9.17) is 5.11 Å². The lowest BCUT2D eigenvalue weighted by molar-refractivity contribution is -0.137. The Morgan fingerprint density at radius 3 is 1.67 bits per heavy atom. The van der Waals surface area contributed by atoms with E-state index < -0.39 is 5.97 Å². The van der Waals surface area contributed by atoms with Crippen molar-refractivity contribution in [1.82, 2.24) is 0 Å². The molecule has 0 aromatic rings. The summed E-state index contributed by atoms with van der Waals surface area (Å²) >= 11 is 0. The molecule has 0 bridgehead atoms. The summed E-state index contributed by atoms with van der Waals surface area (Å²) in [5.41, 5.74) is 0. The van der Waals surface area contributed by atoms with Gasteiger partial charge in [-0.25, -0.2) is 0 Å². The molecule has 0 aliphatic carbocycles. The summed E-state index contributed by atoms with van der Waals surface area (Å²) in [6.45, 7) is 2.24. The highest BCUT2D eigenvalue weighted by molar-refractivity contribution is 5.66. The first kappa shape index (κ1) is 22.7. The predicted octanol–water partition coefficient (Wildman–Crippen LogP) is 7.22. The van der Waals surface area contributed by atoms with Crippen LogP contribution in [-0.2, 0) is 4.79 Å². The fraction of sp³-hybridized carbons (Fsp3) is 0.682. The van der Waals surface area contributed by atoms with Crippen molar-refractivity contribution in [2.45, 2.75) is 96.8 Å². The first-order valence-corrected chi connectivity index (χ1v) is 9.94. The number of hydrogen-bond donors (Lipinski definition) is 1. The van der Waals surface area contributed by atoms with Crippen molar-refractivity contribution in [2.75, 3.05) is 0 Å². The van der Waals surface area contributed by atoms with E-state index in [1.54, 1.807) is 0 Å². The van der Waals surface area contributed by atoms with Crippen molar-refractivity contribution < 1.29 is 9.90 Å². The van der Waals surface area contributed by atoms with Crippen molar-refractivity contribution >= 4 is 5.97 Å². The van der Waals surface area contributed by atoms with Crippen molar-refractivity contribution in [3.05, 3.63) is 36.5 Å². The fourth-order valence-corrected chi connectivity index (χ4v) is 2.54. The van der Waals surface area contributed by atoms with Gasteiger partial charge >= 0.3 is 5.97 Å². The average molecular weight is 335 g/mol. The van der Waals surface area contributed by atoms with Gasteiger partial charge in [-0.05, 0) is 44.9 Å². The summed E-state index contributed by atoms with van der Waals surface area (Å²) in [5, 5.41) is 8.54. The van der Waals surface area contributed by atoms with Crippen LogP contribution < -0.4 is 0 Å². The highest BCUT2D eigenvalue weighted by atomic mass is 16.4. The van der Waals surface area contributed by atoms with Crippen LogP contribution >= 0.6 is 0 Å². The summed E-state index contributed by atoms with van der Waals surface area (Å²) < 4.78 is 0. The van der Waals surface area contributed by atoms with Crippen LogP contribution in [-0.4, -0.2) is 11.1 Å². The van der Waals surface area contributed by atoms with Crippen molar-refractivity contribution in [3.8, 4) is 0 Å². The van der Waals surface area contributed by atoms with Gasteiger partial charge in [0.05, 0.1) is 0 Å². The smallest absolute Gasteiger partial charge is 0.303 e. The van der Waals surface area contributed by atoms with Crippen LogP contribution in [0.15, 0.2) is 36.5 Å². The third kappa shape index (κ3) is 20.7. The number of aliphatic carboxylic acids is 1. The van der Waals surface area contributed by atoms with Crippen LogP contribution in [0.25, 0.3) is 0 Å². The Hall–Kier alpha value is -1.31. The van der Waals surface area contributed by atoms with Gasteiger partial charge in [-0.15, -0.1) is 0 Å². The third-order valence-corrected chi connectivity index (χ3v) is 4.03. The van der Waals surface area contributed by atoms with Crippen molar-refractivity contribution in [3.63, 3.8) is 0 Å². The largest absolute Gasteiger partial charge is 0.481 e. The van der Waals surface area contributed by atoms with E-state index in [0.29, 0.717) is 6.42 Å². The molecule has 0 saturated carbocycles. The van der Waals surface area contributed by atoms with Crippen molar-refractivity contribution in [2.24, 2.45) is 0 Å². The number of carboxylic acids is 1. The summed E-state index contributed by atoms with van der Waals surface area (Å²) in [5.74, 6) is -0.669. The second kappa shape index (κ2) is 19.7. The number of hydrogen-bond acceptors (Lipinski definition) is 1. The molecule has 0 aromatic heterocycles. The summed E-state index contributed by atoms with van der Waals surface area (Å²) in [6.07, 6.45) is 29.2. The molecule has 0 aromatic carbocycles. The van der Waals surface area contributed by atoms with Gasteiger partial charge in [-0.2, -0.15) is 0 Å². The predicted molar refractivity (Wildman–Crippen MR) is 105 cm³/mol. The second-order valence-corrected chi connectivity index (χ2v) is 6.44. The molecule has 24 heavy (non-hydrogen) atoms. The SMILES string of the molecule is CCCCC/C=C\CC=CCC=CCCCCCCCCC(=O)O. The summed E-state index contributed by atoms with van der Waals surface area (Å²) in [4.78, 5) is 10.4. The van der Waals surface area contributed by atoms with E-state index in [0.717, 1.165) is 25.7 Å². The van der Waals surface area contributed by atoms with Crippen LogP contribution in [0.4, 0.5) is 0 Å². The molecule has 0 radical (unpaired) electrons. The number of carboxylic acid groups (broad SMARTS) is 1. The highest BCUT2D eigenvalue weighted by Gasteiger charge is 1.96. The van der Waals surface area contributed by atoms with E-state index in [1.807, 2.05) is 0 Å². The van der Waals surface area contributed by atoms with E-state index in [2.05, 4.69) is 43.4 Å². The minimum Gasteiger partial charge on any atom is -0.481 e. The molecule has 0 saturated heterocycles. The standard InChI is InChI=1S/C22H38O2/c1-2-3-4-5-6-7-8-9-10-11-12-13-14-15-16-17-18-19-20-21-22(23)24/h6-7,9-10,12-13H,2-5,8,11,14-21H2,1H3,(H,23,24)/b7-6-,10-9?,13-12?. The first-order valence-electron chi connectivity index (χ1n) is 9.94. The van der Waals surface area contributed by atoms with Crippen LogP contribution in [0, 0.1) is 0 Å². The van der Waals surface area contributed by atoms with E-state index in [-0.39, 0.29) is 0 Å². The molecule has 2 nitrogen and oxygen atoms in total. The summed E-state index contributed by atoms with van der Waals surface area (Å²) in [7, 11) is 0. The minimum absolute atomic E-state index is 0.324. The molecular formula is C22H38O2. The van der Waals surface area contributed by atoms with Crippen molar-refractivity contribution in [1.29, 1.82) is 0 Å². The monoisotopic (exact) mass is 334 g/mol. The molecular weight excluding hydrogens is 296 g/mol. The third-order valence-electron chi connectivity index (χ3n) is 4.03. The Kier molecular flexibility index (Phi) is 18.7. The Labute approximate surface area is 149 Å². The molecule has 0 aliphatic rings. The Morgan fingerprint density at radius 2 is 1.12 bits per heavy atom. The maximum Gasteiger partial charge on any atom is 0.303 e. The molecule has 0 atom stereocenters. The lowest BCUT2D eigenvalue weighted by atomic mass is 10.1.